The zero-order chi connectivity index (χ0) is 13.2. The molecule has 2 aromatic rings. The zero-order valence-electron chi connectivity index (χ0n) is 9.38. The van der Waals surface area contributed by atoms with Gasteiger partial charge in [-0.3, -0.25) is 18.2 Å². The minimum atomic E-state index is -3.70. The lowest BCUT2D eigenvalue weighted by Crippen LogP contribution is -2.10. The Labute approximate surface area is 108 Å². The van der Waals surface area contributed by atoms with Crippen molar-refractivity contribution >= 4 is 19.2 Å². The van der Waals surface area contributed by atoms with Crippen LogP contribution in [0.15, 0.2) is 70.5 Å². The predicted molar refractivity (Wildman–Crippen MR) is 75.1 cm³/mol. The lowest BCUT2D eigenvalue weighted by molar-refractivity contribution is 0.463. The monoisotopic (exact) mass is 286 g/mol. The van der Waals surface area contributed by atoms with Crippen LogP contribution in [0.4, 0.5) is 0 Å². The molecule has 98 valence electrons. The molecule has 6 heteroatoms. The lowest BCUT2D eigenvalue weighted by atomic mass is 10.4. The number of hydrogen-bond donors (Lipinski definition) is 4. The van der Waals surface area contributed by atoms with E-state index >= 15 is 0 Å². The topological polar surface area (TPSA) is 80.9 Å². The van der Waals surface area contributed by atoms with Crippen LogP contribution < -0.4 is 0 Å². The van der Waals surface area contributed by atoms with E-state index in [0.29, 0.717) is 0 Å². The molecule has 0 saturated heterocycles. The van der Waals surface area contributed by atoms with Gasteiger partial charge in [-0.25, -0.2) is 0 Å². The fourth-order valence-corrected chi connectivity index (χ4v) is 5.30. The first-order valence-corrected chi connectivity index (χ1v) is 8.74. The van der Waals surface area contributed by atoms with Gasteiger partial charge in [-0.1, -0.05) is 55.6 Å². The Hall–Kier alpha value is -1.02. The van der Waals surface area contributed by atoms with Crippen molar-refractivity contribution in [2.75, 3.05) is 0 Å². The fourth-order valence-electron chi connectivity index (χ4n) is 1.46. The highest BCUT2D eigenvalue weighted by molar-refractivity contribution is 9.00. The number of hydrogen-bond acceptors (Lipinski definition) is 4. The maximum atomic E-state index is 10.1. The second-order valence-electron chi connectivity index (χ2n) is 3.62. The minimum absolute atomic E-state index is 0.119. The first kappa shape index (κ1) is 13.4. The first-order chi connectivity index (χ1) is 8.46. The summed E-state index contributed by atoms with van der Waals surface area (Å²) in [5.41, 5.74) is 0. The van der Waals surface area contributed by atoms with Gasteiger partial charge in [0.25, 0.3) is 0 Å². The highest BCUT2D eigenvalue weighted by Gasteiger charge is 2.34. The fraction of sp³-hybridized carbons (Fsp3) is 0. The summed E-state index contributed by atoms with van der Waals surface area (Å²) in [5, 5.41) is 0. The molecule has 4 N–H and O–H groups in total. The molecular weight excluding hydrogens is 272 g/mol. The van der Waals surface area contributed by atoms with Gasteiger partial charge in [0.1, 0.15) is 0 Å². The van der Waals surface area contributed by atoms with Crippen LogP contribution in [0.2, 0.25) is 0 Å². The van der Waals surface area contributed by atoms with Crippen molar-refractivity contribution in [3.63, 3.8) is 0 Å². The largest absolute Gasteiger partial charge is 0.278 e. The molecule has 4 nitrogen and oxygen atoms in total. The first-order valence-electron chi connectivity index (χ1n) is 5.13. The van der Waals surface area contributed by atoms with Crippen LogP contribution in [-0.4, -0.2) is 18.2 Å². The maximum Gasteiger partial charge on any atom is 0.0802 e. The van der Waals surface area contributed by atoms with Crippen LogP contribution in [0.5, 0.6) is 0 Å². The molecule has 2 rings (SSSR count). The normalized spacial score (nSPS) is 14.2. The molecule has 0 aliphatic carbocycles. The summed E-state index contributed by atoms with van der Waals surface area (Å²) in [6, 6.07) is 15.8. The second-order valence-corrected chi connectivity index (χ2v) is 9.34. The van der Waals surface area contributed by atoms with Crippen molar-refractivity contribution in [3.8, 4) is 0 Å². The summed E-state index contributed by atoms with van der Waals surface area (Å²) in [6.45, 7) is 0. The molecule has 0 unspecified atom stereocenters. The van der Waals surface area contributed by atoms with Gasteiger partial charge in [0.05, 0.1) is 9.79 Å². The molecule has 0 aliphatic heterocycles. The van der Waals surface area contributed by atoms with Crippen LogP contribution in [0.1, 0.15) is 0 Å². The summed E-state index contributed by atoms with van der Waals surface area (Å²) in [5.74, 6) is 0. The van der Waals surface area contributed by atoms with Crippen molar-refractivity contribution in [1.29, 1.82) is 0 Å². The van der Waals surface area contributed by atoms with Crippen molar-refractivity contribution in [1.82, 2.24) is 0 Å². The minimum Gasteiger partial charge on any atom is -0.278 e. The quantitative estimate of drug-likeness (QED) is 0.625. The average Bonchev–Trinajstić information content (AvgIpc) is 2.40. The predicted octanol–water partition coefficient (Wildman–Crippen LogP) is 4.52. The molecule has 0 heterocycles. The van der Waals surface area contributed by atoms with Gasteiger partial charge in [-0.05, 0) is 24.3 Å². The molecule has 0 saturated carbocycles. The van der Waals surface area contributed by atoms with E-state index in [1.165, 1.54) is 24.3 Å². The van der Waals surface area contributed by atoms with E-state index in [-0.39, 0.29) is 9.79 Å². The van der Waals surface area contributed by atoms with Crippen LogP contribution >= 0.6 is 19.2 Å². The highest BCUT2D eigenvalue weighted by Crippen LogP contribution is 2.80. The summed E-state index contributed by atoms with van der Waals surface area (Å²) >= 11 is 0. The van der Waals surface area contributed by atoms with E-state index in [9.17, 15) is 18.2 Å². The van der Waals surface area contributed by atoms with Crippen molar-refractivity contribution in [2.45, 2.75) is 9.79 Å². The van der Waals surface area contributed by atoms with E-state index in [2.05, 4.69) is 0 Å². The van der Waals surface area contributed by atoms with E-state index in [4.69, 9.17) is 0 Å². The Morgan fingerprint density at radius 3 is 1.06 bits per heavy atom. The molecule has 0 radical (unpaired) electrons. The smallest absolute Gasteiger partial charge is 0.0802 e. The van der Waals surface area contributed by atoms with Crippen LogP contribution in [-0.2, 0) is 0 Å². The third kappa shape index (κ3) is 2.26. The second kappa shape index (κ2) is 4.93. The highest BCUT2D eigenvalue weighted by atomic mass is 33.2. The Bertz CT molecular complexity index is 465. The summed E-state index contributed by atoms with van der Waals surface area (Å²) in [6.07, 6.45) is 0. The van der Waals surface area contributed by atoms with E-state index in [1.54, 1.807) is 36.4 Å². The SMILES string of the molecule is OS(O)(c1ccccc1)S(O)(O)c1ccccc1. The Balaban J connectivity index is 2.47. The molecular formula is C12H14O4S2. The molecule has 18 heavy (non-hydrogen) atoms. The number of benzene rings is 2. The van der Waals surface area contributed by atoms with Crippen molar-refractivity contribution in [2.24, 2.45) is 0 Å². The third-order valence-electron chi connectivity index (χ3n) is 2.42. The summed E-state index contributed by atoms with van der Waals surface area (Å²) in [4.78, 5) is 0.239. The van der Waals surface area contributed by atoms with E-state index < -0.39 is 19.2 Å². The Morgan fingerprint density at radius 2 is 0.778 bits per heavy atom. The van der Waals surface area contributed by atoms with Gasteiger partial charge in [0.15, 0.2) is 0 Å². The van der Waals surface area contributed by atoms with Gasteiger partial charge < -0.3 is 0 Å². The van der Waals surface area contributed by atoms with Crippen molar-refractivity contribution in [3.05, 3.63) is 60.7 Å². The molecule has 2 aromatic carbocycles. The van der Waals surface area contributed by atoms with Crippen LogP contribution in [0.3, 0.4) is 0 Å². The molecule has 0 aliphatic rings. The van der Waals surface area contributed by atoms with E-state index in [0.717, 1.165) is 0 Å². The average molecular weight is 286 g/mol. The van der Waals surface area contributed by atoms with Crippen molar-refractivity contribution < 1.29 is 18.2 Å². The van der Waals surface area contributed by atoms with Crippen LogP contribution in [0.25, 0.3) is 0 Å². The van der Waals surface area contributed by atoms with Gasteiger partial charge in [0, 0.05) is 0 Å². The zero-order valence-corrected chi connectivity index (χ0v) is 11.0. The maximum absolute atomic E-state index is 10.1. The van der Waals surface area contributed by atoms with Gasteiger partial charge in [-0.2, -0.15) is 0 Å². The molecule has 0 aromatic heterocycles. The molecule has 0 spiro atoms. The van der Waals surface area contributed by atoms with Gasteiger partial charge in [-0.15, -0.1) is 0 Å². The molecule has 0 bridgehead atoms. The molecule has 0 atom stereocenters. The lowest BCUT2D eigenvalue weighted by Gasteiger charge is -2.49. The van der Waals surface area contributed by atoms with Gasteiger partial charge >= 0.3 is 0 Å². The Kier molecular flexibility index (Phi) is 3.67. The summed E-state index contributed by atoms with van der Waals surface area (Å²) in [7, 11) is -7.39. The standard InChI is InChI=1S/C12H14O4S2/c13-17(14,11-7-3-1-4-8-11)18(15,16)12-9-5-2-6-10-12/h1-10,13-16H. The molecule has 0 fully saturated rings. The number of rotatable bonds is 3. The van der Waals surface area contributed by atoms with Gasteiger partial charge in [0.2, 0.25) is 0 Å². The molecule has 0 amide bonds. The third-order valence-corrected chi connectivity index (χ3v) is 7.94. The van der Waals surface area contributed by atoms with E-state index in [1.807, 2.05) is 0 Å². The van der Waals surface area contributed by atoms with Crippen LogP contribution in [0, 0.1) is 0 Å². The summed E-state index contributed by atoms with van der Waals surface area (Å²) < 4.78 is 40.6. The Morgan fingerprint density at radius 1 is 0.500 bits per heavy atom.